The molecule has 0 N–H and O–H groups in total. The van der Waals surface area contributed by atoms with Crippen LogP contribution in [0.15, 0.2) is 30.3 Å². The maximum absolute atomic E-state index is 5.64. The molecule has 4 heteroatoms. The number of rotatable bonds is 7. The third-order valence-corrected chi connectivity index (χ3v) is 5.84. The summed E-state index contributed by atoms with van der Waals surface area (Å²) in [5.41, 5.74) is 0. The van der Waals surface area contributed by atoms with Crippen LogP contribution >= 0.6 is 12.2 Å². The van der Waals surface area contributed by atoms with Gasteiger partial charge in [-0.05, 0) is 43.9 Å². The molecule has 106 valence electrons. The van der Waals surface area contributed by atoms with E-state index in [4.69, 9.17) is 17.0 Å². The van der Waals surface area contributed by atoms with Crippen LogP contribution in [0.1, 0.15) is 19.8 Å². The first kappa shape index (κ1) is 16.3. The molecule has 0 amide bonds. The topological polar surface area (TPSA) is 12.5 Å². The Kier molecular flexibility index (Phi) is 6.69. The van der Waals surface area contributed by atoms with E-state index in [9.17, 15) is 0 Å². The lowest BCUT2D eigenvalue weighted by Crippen LogP contribution is -2.46. The zero-order chi connectivity index (χ0) is 14.3. The molecule has 1 aromatic carbocycles. The summed E-state index contributed by atoms with van der Waals surface area (Å²) in [7, 11) is -1.18. The van der Waals surface area contributed by atoms with E-state index in [1.807, 2.05) is 30.3 Å². The summed E-state index contributed by atoms with van der Waals surface area (Å²) >= 11 is 5.29. The van der Waals surface area contributed by atoms with Crippen LogP contribution in [0.25, 0.3) is 0 Å². The number of para-hydroxylation sites is 1. The molecular weight excluding hydrogens is 270 g/mol. The van der Waals surface area contributed by atoms with E-state index >= 15 is 0 Å². The molecule has 1 aromatic rings. The quantitative estimate of drug-likeness (QED) is 0.549. The summed E-state index contributed by atoms with van der Waals surface area (Å²) in [6.07, 6.45) is 1.93. The third kappa shape index (κ3) is 6.32. The third-order valence-electron chi connectivity index (χ3n) is 3.11. The maximum Gasteiger partial charge on any atom is 0.167 e. The summed E-state index contributed by atoms with van der Waals surface area (Å²) in [5, 5.41) is 0.692. The Morgan fingerprint density at radius 2 is 1.84 bits per heavy atom. The van der Waals surface area contributed by atoms with E-state index in [2.05, 4.69) is 31.1 Å². The van der Waals surface area contributed by atoms with Crippen LogP contribution in [0, 0.1) is 0 Å². The molecule has 0 aliphatic carbocycles. The van der Waals surface area contributed by atoms with Crippen LogP contribution in [0.2, 0.25) is 19.6 Å². The Morgan fingerprint density at radius 3 is 2.37 bits per heavy atom. The van der Waals surface area contributed by atoms with Gasteiger partial charge in [-0.25, -0.2) is 0 Å². The van der Waals surface area contributed by atoms with E-state index in [-0.39, 0.29) is 0 Å². The van der Waals surface area contributed by atoms with Crippen molar-refractivity contribution in [1.29, 1.82) is 0 Å². The summed E-state index contributed by atoms with van der Waals surface area (Å²) < 4.78 is 8.24. The van der Waals surface area contributed by atoms with Crippen molar-refractivity contribution in [2.45, 2.75) is 39.4 Å². The van der Waals surface area contributed by atoms with Gasteiger partial charge in [0.25, 0.3) is 0 Å². The minimum absolute atomic E-state index is 0.692. The van der Waals surface area contributed by atoms with Crippen LogP contribution in [-0.2, 0) is 0 Å². The van der Waals surface area contributed by atoms with Crippen molar-refractivity contribution < 1.29 is 4.74 Å². The number of ether oxygens (including phenoxy) is 1. The highest BCUT2D eigenvalue weighted by Gasteiger charge is 2.21. The van der Waals surface area contributed by atoms with Gasteiger partial charge in [0.15, 0.2) is 5.05 Å². The summed E-state index contributed by atoms with van der Waals surface area (Å²) in [4.78, 5) is 0. The Labute approximate surface area is 123 Å². The predicted octanol–water partition coefficient (Wildman–Crippen LogP) is 4.33. The fourth-order valence-electron chi connectivity index (χ4n) is 2.05. The minimum atomic E-state index is -1.18. The predicted molar refractivity (Wildman–Crippen MR) is 89.5 cm³/mol. The smallest absolute Gasteiger partial charge is 0.167 e. The zero-order valence-corrected chi connectivity index (χ0v) is 14.3. The van der Waals surface area contributed by atoms with Gasteiger partial charge in [-0.1, -0.05) is 44.8 Å². The van der Waals surface area contributed by atoms with Crippen molar-refractivity contribution in [2.24, 2.45) is 0 Å². The Hall–Kier alpha value is -0.713. The standard InChI is InChI=1S/C15H25NOSSi/c1-5-16(19(2,3)4)13-9-12-15(18)17-14-10-7-6-8-11-14/h6-8,10-11H,5,9,12-13H2,1-4H3. The average Bonchev–Trinajstić information content (AvgIpc) is 2.34. The van der Waals surface area contributed by atoms with Crippen molar-refractivity contribution in [3.63, 3.8) is 0 Å². The first-order chi connectivity index (χ1) is 8.93. The molecule has 0 aliphatic heterocycles. The molecular formula is C15H25NOSSi. The molecule has 0 aliphatic rings. The number of nitrogens with zero attached hydrogens (tertiary/aromatic N) is 1. The van der Waals surface area contributed by atoms with E-state index in [1.165, 1.54) is 0 Å². The van der Waals surface area contributed by atoms with Crippen molar-refractivity contribution in [2.75, 3.05) is 13.1 Å². The first-order valence-corrected chi connectivity index (χ1v) is 10.8. The highest BCUT2D eigenvalue weighted by atomic mass is 32.1. The molecule has 0 heterocycles. The molecule has 0 bridgehead atoms. The lowest BCUT2D eigenvalue weighted by atomic mass is 10.3. The zero-order valence-electron chi connectivity index (χ0n) is 12.5. The summed E-state index contributed by atoms with van der Waals surface area (Å²) in [6, 6.07) is 9.77. The highest BCUT2D eigenvalue weighted by molar-refractivity contribution is 7.80. The molecule has 0 unspecified atom stereocenters. The lowest BCUT2D eigenvalue weighted by molar-refractivity contribution is 0.432. The number of thiocarbonyl (C=S) groups is 1. The second-order valence-corrected chi connectivity index (χ2v) is 11.1. The second-order valence-electron chi connectivity index (χ2n) is 5.64. The van der Waals surface area contributed by atoms with E-state index in [0.717, 1.165) is 31.7 Å². The molecule has 0 spiro atoms. The molecule has 1 rings (SSSR count). The fourth-order valence-corrected chi connectivity index (χ4v) is 4.07. The Morgan fingerprint density at radius 1 is 1.21 bits per heavy atom. The van der Waals surface area contributed by atoms with Crippen LogP contribution < -0.4 is 4.74 Å². The lowest BCUT2D eigenvalue weighted by Gasteiger charge is -2.32. The van der Waals surface area contributed by atoms with Gasteiger partial charge in [0.2, 0.25) is 0 Å². The van der Waals surface area contributed by atoms with Crippen LogP contribution in [-0.4, -0.2) is 30.9 Å². The Bertz CT molecular complexity index is 389. The highest BCUT2D eigenvalue weighted by Crippen LogP contribution is 2.13. The largest absolute Gasteiger partial charge is 0.450 e. The normalized spacial score (nSPS) is 11.6. The second kappa shape index (κ2) is 7.77. The van der Waals surface area contributed by atoms with Crippen molar-refractivity contribution in [3.05, 3.63) is 30.3 Å². The molecule has 0 aromatic heterocycles. The van der Waals surface area contributed by atoms with Gasteiger partial charge >= 0.3 is 0 Å². The fraction of sp³-hybridized carbons (Fsp3) is 0.533. The molecule has 0 saturated carbocycles. The summed E-state index contributed by atoms with van der Waals surface area (Å²) in [5.74, 6) is 0.838. The van der Waals surface area contributed by atoms with E-state index in [0.29, 0.717) is 5.05 Å². The number of benzene rings is 1. The Balaban J connectivity index is 2.31. The van der Waals surface area contributed by atoms with Crippen molar-refractivity contribution in [1.82, 2.24) is 4.57 Å². The van der Waals surface area contributed by atoms with Gasteiger partial charge in [-0.2, -0.15) is 0 Å². The molecule has 0 saturated heterocycles. The molecule has 0 atom stereocenters. The first-order valence-electron chi connectivity index (χ1n) is 6.94. The maximum atomic E-state index is 5.64. The van der Waals surface area contributed by atoms with Crippen LogP contribution in [0.4, 0.5) is 0 Å². The number of hydrogen-bond donors (Lipinski definition) is 0. The van der Waals surface area contributed by atoms with Gasteiger partial charge in [0.1, 0.15) is 14.0 Å². The monoisotopic (exact) mass is 295 g/mol. The molecule has 0 radical (unpaired) electrons. The van der Waals surface area contributed by atoms with Gasteiger partial charge in [-0.3, -0.25) is 0 Å². The molecule has 19 heavy (non-hydrogen) atoms. The van der Waals surface area contributed by atoms with Gasteiger partial charge < -0.3 is 9.30 Å². The minimum Gasteiger partial charge on any atom is -0.450 e. The van der Waals surface area contributed by atoms with Crippen molar-refractivity contribution >= 4 is 25.5 Å². The van der Waals surface area contributed by atoms with Gasteiger partial charge in [0, 0.05) is 6.42 Å². The van der Waals surface area contributed by atoms with E-state index in [1.54, 1.807) is 0 Å². The van der Waals surface area contributed by atoms with Crippen LogP contribution in [0.3, 0.4) is 0 Å². The molecule has 2 nitrogen and oxygen atoms in total. The number of hydrogen-bond acceptors (Lipinski definition) is 3. The van der Waals surface area contributed by atoms with Crippen LogP contribution in [0.5, 0.6) is 5.75 Å². The van der Waals surface area contributed by atoms with E-state index < -0.39 is 8.24 Å². The van der Waals surface area contributed by atoms with Crippen molar-refractivity contribution in [3.8, 4) is 5.75 Å². The summed E-state index contributed by atoms with van der Waals surface area (Å²) in [6.45, 7) is 11.6. The average molecular weight is 296 g/mol. The van der Waals surface area contributed by atoms with Gasteiger partial charge in [0.05, 0.1) is 0 Å². The molecule has 0 fully saturated rings. The SMILES string of the molecule is CCN(CCCC(=S)Oc1ccccc1)[Si](C)(C)C. The van der Waals surface area contributed by atoms with Gasteiger partial charge in [-0.15, -0.1) is 0 Å².